The molecule has 0 unspecified atom stereocenters. The highest BCUT2D eigenvalue weighted by Gasteiger charge is 2.17. The maximum atomic E-state index is 12.4. The Balaban J connectivity index is 2.34. The van der Waals surface area contributed by atoms with Gasteiger partial charge >= 0.3 is 0 Å². The van der Waals surface area contributed by atoms with Gasteiger partial charge in [-0.15, -0.1) is 0 Å². The van der Waals surface area contributed by atoms with E-state index in [1.54, 1.807) is 35.0 Å². The number of anilines is 2. The zero-order chi connectivity index (χ0) is 14.9. The predicted molar refractivity (Wildman–Crippen MR) is 83.6 cm³/mol. The van der Waals surface area contributed by atoms with Crippen molar-refractivity contribution in [1.29, 1.82) is 0 Å². The lowest BCUT2D eigenvalue weighted by Crippen LogP contribution is -2.18. The number of nitrogens with one attached hydrogen (secondary N) is 1. The number of carbonyl (C=O) groups is 1. The summed E-state index contributed by atoms with van der Waals surface area (Å²) >= 11 is 12.1. The van der Waals surface area contributed by atoms with Crippen LogP contribution in [-0.4, -0.2) is 10.5 Å². The summed E-state index contributed by atoms with van der Waals surface area (Å²) in [5, 5.41) is 3.50. The number of nitrogen functional groups attached to an aromatic ring is 1. The molecule has 0 spiro atoms. The molecule has 0 aliphatic carbocycles. The number of benzene rings is 1. The molecule has 4 nitrogen and oxygen atoms in total. The van der Waals surface area contributed by atoms with Crippen LogP contribution >= 0.6 is 23.2 Å². The molecule has 0 bridgehead atoms. The third-order valence-corrected chi connectivity index (χ3v) is 3.49. The summed E-state index contributed by atoms with van der Waals surface area (Å²) in [5.74, 6) is -0.301. The SMILES string of the molecule is CC(C)n1cc(N)cc1C(=O)Nc1c(Cl)cccc1Cl. The highest BCUT2D eigenvalue weighted by Crippen LogP contribution is 2.30. The van der Waals surface area contributed by atoms with E-state index < -0.39 is 0 Å². The molecule has 1 amide bonds. The first-order valence-electron chi connectivity index (χ1n) is 6.13. The van der Waals surface area contributed by atoms with Crippen LogP contribution in [0.25, 0.3) is 0 Å². The molecule has 0 fully saturated rings. The van der Waals surface area contributed by atoms with Gasteiger partial charge in [-0.2, -0.15) is 0 Å². The molecule has 3 N–H and O–H groups in total. The summed E-state index contributed by atoms with van der Waals surface area (Å²) in [6.45, 7) is 3.94. The number of rotatable bonds is 3. The Kier molecular flexibility index (Phi) is 4.26. The summed E-state index contributed by atoms with van der Waals surface area (Å²) in [6, 6.07) is 6.79. The second kappa shape index (κ2) is 5.77. The van der Waals surface area contributed by atoms with Crippen molar-refractivity contribution in [3.8, 4) is 0 Å². The maximum absolute atomic E-state index is 12.4. The first-order valence-corrected chi connectivity index (χ1v) is 6.88. The van der Waals surface area contributed by atoms with Gasteiger partial charge in [0, 0.05) is 12.2 Å². The Labute approximate surface area is 127 Å². The van der Waals surface area contributed by atoms with Crippen molar-refractivity contribution in [1.82, 2.24) is 4.57 Å². The Morgan fingerprint density at radius 1 is 1.30 bits per heavy atom. The lowest BCUT2D eigenvalue weighted by molar-refractivity contribution is 0.101. The average Bonchev–Trinajstić information content (AvgIpc) is 2.76. The zero-order valence-corrected chi connectivity index (χ0v) is 12.7. The Morgan fingerprint density at radius 3 is 2.45 bits per heavy atom. The van der Waals surface area contributed by atoms with E-state index in [1.807, 2.05) is 13.8 Å². The van der Waals surface area contributed by atoms with Crippen molar-refractivity contribution in [2.75, 3.05) is 11.1 Å². The van der Waals surface area contributed by atoms with Crippen LogP contribution in [0.5, 0.6) is 0 Å². The quantitative estimate of drug-likeness (QED) is 0.892. The number of amides is 1. The van der Waals surface area contributed by atoms with E-state index in [-0.39, 0.29) is 11.9 Å². The number of nitrogens with zero attached hydrogens (tertiary/aromatic N) is 1. The normalized spacial score (nSPS) is 10.8. The van der Waals surface area contributed by atoms with Gasteiger partial charge in [0.2, 0.25) is 0 Å². The molecule has 0 radical (unpaired) electrons. The molecule has 0 saturated carbocycles. The van der Waals surface area contributed by atoms with Crippen LogP contribution in [0, 0.1) is 0 Å². The summed E-state index contributed by atoms with van der Waals surface area (Å²) in [7, 11) is 0. The fourth-order valence-electron chi connectivity index (χ4n) is 1.90. The smallest absolute Gasteiger partial charge is 0.272 e. The third kappa shape index (κ3) is 2.92. The predicted octanol–water partition coefficient (Wildman–Crippen LogP) is 4.21. The number of hydrogen-bond acceptors (Lipinski definition) is 2. The van der Waals surface area contributed by atoms with Crippen LogP contribution in [0.1, 0.15) is 30.4 Å². The van der Waals surface area contributed by atoms with Gasteiger partial charge < -0.3 is 15.6 Å². The molecule has 106 valence electrons. The van der Waals surface area contributed by atoms with Gasteiger partial charge in [-0.05, 0) is 32.0 Å². The largest absolute Gasteiger partial charge is 0.397 e. The van der Waals surface area contributed by atoms with Crippen LogP contribution in [0.4, 0.5) is 11.4 Å². The first-order chi connectivity index (χ1) is 9.40. The number of para-hydroxylation sites is 1. The van der Waals surface area contributed by atoms with E-state index in [4.69, 9.17) is 28.9 Å². The second-order valence-corrected chi connectivity index (χ2v) is 5.52. The minimum absolute atomic E-state index is 0.120. The molecule has 0 saturated heterocycles. The van der Waals surface area contributed by atoms with Crippen molar-refractivity contribution in [2.24, 2.45) is 0 Å². The van der Waals surface area contributed by atoms with Crippen molar-refractivity contribution in [2.45, 2.75) is 19.9 Å². The van der Waals surface area contributed by atoms with Crippen molar-refractivity contribution >= 4 is 40.5 Å². The molecule has 2 rings (SSSR count). The van der Waals surface area contributed by atoms with E-state index in [0.717, 1.165) is 0 Å². The minimum Gasteiger partial charge on any atom is -0.397 e. The highest BCUT2D eigenvalue weighted by atomic mass is 35.5. The Morgan fingerprint density at radius 2 is 1.90 bits per heavy atom. The molecule has 20 heavy (non-hydrogen) atoms. The van der Waals surface area contributed by atoms with Crippen molar-refractivity contribution < 1.29 is 4.79 Å². The molecular weight excluding hydrogens is 297 g/mol. The van der Waals surface area contributed by atoms with Gasteiger partial charge in [-0.25, -0.2) is 0 Å². The van der Waals surface area contributed by atoms with Gasteiger partial charge in [0.1, 0.15) is 5.69 Å². The fourth-order valence-corrected chi connectivity index (χ4v) is 2.40. The lowest BCUT2D eigenvalue weighted by Gasteiger charge is -2.13. The van der Waals surface area contributed by atoms with Crippen molar-refractivity contribution in [3.05, 3.63) is 46.2 Å². The van der Waals surface area contributed by atoms with Gasteiger partial charge in [-0.1, -0.05) is 29.3 Å². The van der Waals surface area contributed by atoms with Crippen LogP contribution < -0.4 is 11.1 Å². The maximum Gasteiger partial charge on any atom is 0.272 e. The molecule has 0 aliphatic rings. The average molecular weight is 312 g/mol. The van der Waals surface area contributed by atoms with E-state index in [2.05, 4.69) is 5.32 Å². The molecule has 6 heteroatoms. The third-order valence-electron chi connectivity index (χ3n) is 2.86. The van der Waals surface area contributed by atoms with Gasteiger partial charge in [-0.3, -0.25) is 4.79 Å². The van der Waals surface area contributed by atoms with Gasteiger partial charge in [0.25, 0.3) is 5.91 Å². The monoisotopic (exact) mass is 311 g/mol. The Hall–Kier alpha value is -1.65. The number of halogens is 2. The molecule has 1 heterocycles. The van der Waals surface area contributed by atoms with Crippen LogP contribution in [0.15, 0.2) is 30.5 Å². The van der Waals surface area contributed by atoms with Gasteiger partial charge in [0.05, 0.1) is 21.4 Å². The zero-order valence-electron chi connectivity index (χ0n) is 11.2. The van der Waals surface area contributed by atoms with E-state index >= 15 is 0 Å². The summed E-state index contributed by atoms with van der Waals surface area (Å²) in [6.07, 6.45) is 1.73. The molecular formula is C14H15Cl2N3O. The molecule has 2 aromatic rings. The number of nitrogens with two attached hydrogens (primary N) is 1. The van der Waals surface area contributed by atoms with Crippen LogP contribution in [0.2, 0.25) is 10.0 Å². The van der Waals surface area contributed by atoms with Crippen LogP contribution in [-0.2, 0) is 0 Å². The number of carbonyl (C=O) groups excluding carboxylic acids is 1. The summed E-state index contributed by atoms with van der Waals surface area (Å²) in [4.78, 5) is 12.4. The second-order valence-electron chi connectivity index (χ2n) is 4.71. The standard InChI is InChI=1S/C14H15Cl2N3O/c1-8(2)19-7-9(17)6-12(19)14(20)18-13-10(15)4-3-5-11(13)16/h3-8H,17H2,1-2H3,(H,18,20). The minimum atomic E-state index is -0.301. The topological polar surface area (TPSA) is 60.0 Å². The number of hydrogen-bond donors (Lipinski definition) is 2. The molecule has 1 aromatic carbocycles. The fraction of sp³-hybridized carbons (Fsp3) is 0.214. The first kappa shape index (κ1) is 14.8. The molecule has 1 aromatic heterocycles. The van der Waals surface area contributed by atoms with E-state index in [9.17, 15) is 4.79 Å². The Bertz CT molecular complexity index is 630. The molecule has 0 aliphatic heterocycles. The summed E-state index contributed by atoms with van der Waals surface area (Å²) < 4.78 is 1.80. The number of aromatic nitrogens is 1. The van der Waals surface area contributed by atoms with E-state index in [0.29, 0.717) is 27.1 Å². The van der Waals surface area contributed by atoms with E-state index in [1.165, 1.54) is 0 Å². The van der Waals surface area contributed by atoms with Crippen LogP contribution in [0.3, 0.4) is 0 Å². The molecule has 0 atom stereocenters. The summed E-state index contributed by atoms with van der Waals surface area (Å²) in [5.41, 5.74) is 7.16. The highest BCUT2D eigenvalue weighted by molar-refractivity contribution is 6.40. The van der Waals surface area contributed by atoms with Crippen molar-refractivity contribution in [3.63, 3.8) is 0 Å². The lowest BCUT2D eigenvalue weighted by atomic mass is 10.3. The van der Waals surface area contributed by atoms with Gasteiger partial charge in [0.15, 0.2) is 0 Å².